The van der Waals surface area contributed by atoms with Crippen molar-refractivity contribution in [2.75, 3.05) is 0 Å². The predicted molar refractivity (Wildman–Crippen MR) is 56.3 cm³/mol. The average Bonchev–Trinajstić information content (AvgIpc) is 2.26. The van der Waals surface area contributed by atoms with Gasteiger partial charge >= 0.3 is 0 Å². The zero-order valence-corrected chi connectivity index (χ0v) is 8.16. The zero-order chi connectivity index (χ0) is 9.38. The largest absolute Gasteiger partial charge is 0.236 e. The highest BCUT2D eigenvalue weighted by Gasteiger charge is 2.16. The van der Waals surface area contributed by atoms with E-state index in [-0.39, 0.29) is 0 Å². The second kappa shape index (κ2) is 3.03. The van der Waals surface area contributed by atoms with Gasteiger partial charge in [0.2, 0.25) is 0 Å². The molecule has 14 heavy (non-hydrogen) atoms. The summed E-state index contributed by atoms with van der Waals surface area (Å²) in [7, 11) is 0. The molecule has 0 amide bonds. The van der Waals surface area contributed by atoms with Crippen LogP contribution in [-0.2, 0) is 0 Å². The first-order chi connectivity index (χ1) is 6.93. The molecular weight excluding hydrogens is 192 g/mol. The zero-order valence-electron chi connectivity index (χ0n) is 7.34. The van der Waals surface area contributed by atoms with Crippen molar-refractivity contribution in [3.05, 3.63) is 42.6 Å². The Morgan fingerprint density at radius 3 is 2.79 bits per heavy atom. The van der Waals surface area contributed by atoms with E-state index < -0.39 is 0 Å². The standard InChI is InChI=1S/C11H7N2S/c1-2-5-9-8(4-1)13-11-10(14-9)6-3-7-12-11/h1-7H. The molecule has 3 heteroatoms. The van der Waals surface area contributed by atoms with E-state index in [2.05, 4.69) is 16.4 Å². The Bertz CT molecular complexity index is 395. The molecule has 1 aliphatic rings. The van der Waals surface area contributed by atoms with Gasteiger partial charge in [0.1, 0.15) is 0 Å². The van der Waals surface area contributed by atoms with Gasteiger partial charge in [-0.2, -0.15) is 0 Å². The molecule has 0 unspecified atom stereocenters. The van der Waals surface area contributed by atoms with Crippen molar-refractivity contribution in [2.45, 2.75) is 9.79 Å². The van der Waals surface area contributed by atoms with E-state index in [0.717, 1.165) is 16.4 Å². The first-order valence-electron chi connectivity index (χ1n) is 4.37. The molecule has 1 aromatic heterocycles. The fourth-order valence-electron chi connectivity index (χ4n) is 1.41. The lowest BCUT2D eigenvalue weighted by molar-refractivity contribution is 1.01. The van der Waals surface area contributed by atoms with Crippen LogP contribution >= 0.6 is 11.8 Å². The van der Waals surface area contributed by atoms with Crippen LogP contribution in [0.2, 0.25) is 0 Å². The van der Waals surface area contributed by atoms with Crippen LogP contribution in [0.25, 0.3) is 0 Å². The number of hydrogen-bond donors (Lipinski definition) is 0. The summed E-state index contributed by atoms with van der Waals surface area (Å²) in [6.07, 6.45) is 1.77. The second-order valence-corrected chi connectivity index (χ2v) is 4.09. The van der Waals surface area contributed by atoms with E-state index in [1.54, 1.807) is 18.0 Å². The highest BCUT2D eigenvalue weighted by atomic mass is 32.2. The molecule has 0 N–H and O–H groups in total. The summed E-state index contributed by atoms with van der Waals surface area (Å²) >= 11 is 1.73. The van der Waals surface area contributed by atoms with Crippen LogP contribution in [0.5, 0.6) is 0 Å². The summed E-state index contributed by atoms with van der Waals surface area (Å²) in [6.45, 7) is 0. The van der Waals surface area contributed by atoms with Crippen LogP contribution in [0.15, 0.2) is 52.4 Å². The molecule has 1 radical (unpaired) electrons. The first-order valence-corrected chi connectivity index (χ1v) is 5.19. The molecule has 0 bridgehead atoms. The molecule has 67 valence electrons. The summed E-state index contributed by atoms with van der Waals surface area (Å²) in [5, 5.41) is 4.48. The van der Waals surface area contributed by atoms with Gasteiger partial charge < -0.3 is 0 Å². The number of para-hydroxylation sites is 1. The summed E-state index contributed by atoms with van der Waals surface area (Å²) in [5.74, 6) is 0.830. The second-order valence-electron chi connectivity index (χ2n) is 3.01. The SMILES string of the molecule is c1ccc2c(c1)[N]c1ncccc1S2. The number of hydrogen-bond acceptors (Lipinski definition) is 2. The number of nitrogens with zero attached hydrogens (tertiary/aromatic N) is 2. The van der Waals surface area contributed by atoms with Gasteiger partial charge in [-0.25, -0.2) is 10.3 Å². The summed E-state index contributed by atoms with van der Waals surface area (Å²) in [6, 6.07) is 12.1. The lowest BCUT2D eigenvalue weighted by Gasteiger charge is -2.16. The maximum absolute atomic E-state index is 4.48. The van der Waals surface area contributed by atoms with Crippen LogP contribution in [0.1, 0.15) is 0 Å². The average molecular weight is 199 g/mol. The Labute approximate surface area is 86.4 Å². The van der Waals surface area contributed by atoms with Crippen molar-refractivity contribution in [2.24, 2.45) is 0 Å². The lowest BCUT2D eigenvalue weighted by Crippen LogP contribution is -1.99. The lowest BCUT2D eigenvalue weighted by atomic mass is 10.3. The molecular formula is C11H7N2S. The first kappa shape index (κ1) is 7.88. The summed E-state index contributed by atoms with van der Waals surface area (Å²) < 4.78 is 0. The molecule has 0 saturated carbocycles. The highest BCUT2D eigenvalue weighted by molar-refractivity contribution is 7.99. The minimum atomic E-state index is 0.830. The molecule has 0 fully saturated rings. The predicted octanol–water partition coefficient (Wildman–Crippen LogP) is 3.11. The van der Waals surface area contributed by atoms with Gasteiger partial charge in [0, 0.05) is 11.1 Å². The van der Waals surface area contributed by atoms with E-state index in [1.165, 1.54) is 4.90 Å². The Morgan fingerprint density at radius 2 is 1.79 bits per heavy atom. The third kappa shape index (κ3) is 1.17. The van der Waals surface area contributed by atoms with Gasteiger partial charge in [-0.15, -0.1) is 0 Å². The Morgan fingerprint density at radius 1 is 0.929 bits per heavy atom. The van der Waals surface area contributed by atoms with Gasteiger partial charge in [-0.1, -0.05) is 23.9 Å². The molecule has 2 heterocycles. The summed E-state index contributed by atoms with van der Waals surface area (Å²) in [4.78, 5) is 6.56. The quantitative estimate of drug-likeness (QED) is 0.556. The number of pyridine rings is 1. The molecule has 0 aliphatic carbocycles. The van der Waals surface area contributed by atoms with Gasteiger partial charge in [0.15, 0.2) is 5.82 Å². The maximum atomic E-state index is 4.48. The molecule has 2 aromatic rings. The molecule has 1 aromatic carbocycles. The van der Waals surface area contributed by atoms with Crippen molar-refractivity contribution in [1.29, 1.82) is 0 Å². The van der Waals surface area contributed by atoms with E-state index >= 15 is 0 Å². The Balaban J connectivity index is 2.12. The topological polar surface area (TPSA) is 27.0 Å². The number of benzene rings is 1. The Hall–Kier alpha value is -1.48. The number of fused-ring (bicyclic) bond motifs is 2. The van der Waals surface area contributed by atoms with Crippen molar-refractivity contribution < 1.29 is 0 Å². The smallest absolute Gasteiger partial charge is 0.166 e. The van der Waals surface area contributed by atoms with Crippen molar-refractivity contribution in [1.82, 2.24) is 10.3 Å². The van der Waals surface area contributed by atoms with E-state index in [0.29, 0.717) is 0 Å². The van der Waals surface area contributed by atoms with E-state index in [4.69, 9.17) is 0 Å². The van der Waals surface area contributed by atoms with Gasteiger partial charge in [0.25, 0.3) is 0 Å². The normalized spacial score (nSPS) is 12.6. The van der Waals surface area contributed by atoms with Gasteiger partial charge in [-0.05, 0) is 24.3 Å². The maximum Gasteiger partial charge on any atom is 0.166 e. The molecule has 0 spiro atoms. The van der Waals surface area contributed by atoms with Gasteiger partial charge in [-0.3, -0.25) is 0 Å². The monoisotopic (exact) mass is 199 g/mol. The number of aromatic nitrogens is 1. The third-order valence-corrected chi connectivity index (χ3v) is 3.17. The van der Waals surface area contributed by atoms with Crippen molar-refractivity contribution in [3.63, 3.8) is 0 Å². The molecule has 0 atom stereocenters. The fraction of sp³-hybridized carbons (Fsp3) is 0. The fourth-order valence-corrected chi connectivity index (χ4v) is 2.35. The minimum Gasteiger partial charge on any atom is -0.236 e. The molecule has 2 nitrogen and oxygen atoms in total. The minimum absolute atomic E-state index is 0.830. The third-order valence-electron chi connectivity index (χ3n) is 2.06. The highest BCUT2D eigenvalue weighted by Crippen LogP contribution is 2.42. The summed E-state index contributed by atoms with van der Waals surface area (Å²) in [5.41, 5.74) is 1.02. The number of rotatable bonds is 0. The Kier molecular flexibility index (Phi) is 1.70. The van der Waals surface area contributed by atoms with Crippen LogP contribution in [0.4, 0.5) is 11.5 Å². The molecule has 3 rings (SSSR count). The van der Waals surface area contributed by atoms with Gasteiger partial charge in [0.05, 0.1) is 10.6 Å². The van der Waals surface area contributed by atoms with E-state index in [9.17, 15) is 0 Å². The van der Waals surface area contributed by atoms with Crippen LogP contribution < -0.4 is 5.32 Å². The van der Waals surface area contributed by atoms with Crippen LogP contribution in [0.3, 0.4) is 0 Å². The van der Waals surface area contributed by atoms with Crippen molar-refractivity contribution in [3.8, 4) is 0 Å². The van der Waals surface area contributed by atoms with Crippen LogP contribution in [0, 0.1) is 0 Å². The van der Waals surface area contributed by atoms with E-state index in [1.807, 2.05) is 30.3 Å². The van der Waals surface area contributed by atoms with Crippen LogP contribution in [-0.4, -0.2) is 4.98 Å². The molecule has 1 aliphatic heterocycles. The molecule has 0 saturated heterocycles. The van der Waals surface area contributed by atoms with Crippen molar-refractivity contribution >= 4 is 23.3 Å².